The van der Waals surface area contributed by atoms with Crippen LogP contribution in [0.3, 0.4) is 0 Å². The van der Waals surface area contributed by atoms with Crippen LogP contribution < -0.4 is 10.6 Å². The van der Waals surface area contributed by atoms with Crippen LogP contribution in [-0.2, 0) is 4.74 Å². The number of nitrogens with one attached hydrogen (secondary N) is 1. The number of benzene rings is 1. The lowest BCUT2D eigenvalue weighted by Crippen LogP contribution is -2.43. The Balaban J connectivity index is 2.11. The topological polar surface area (TPSA) is 49.8 Å². The van der Waals surface area contributed by atoms with Crippen LogP contribution in [-0.4, -0.2) is 46.2 Å². The van der Waals surface area contributed by atoms with Crippen LogP contribution in [0, 0.1) is 0 Å². The third kappa shape index (κ3) is 4.46. The number of morpholine rings is 1. The molecular formula is C20H27N4OPS. The Morgan fingerprint density at radius 2 is 1.78 bits per heavy atom. The minimum Gasteiger partial charge on any atom is -0.379 e. The van der Waals surface area contributed by atoms with Crippen LogP contribution in [0.1, 0.15) is 20.8 Å². The third-order valence-corrected chi connectivity index (χ3v) is 9.51. The average molecular weight is 403 g/mol. The van der Waals surface area contributed by atoms with Gasteiger partial charge in [0.1, 0.15) is 5.82 Å². The first kappa shape index (κ1) is 20.2. The van der Waals surface area contributed by atoms with Crippen molar-refractivity contribution in [3.05, 3.63) is 54.7 Å². The van der Waals surface area contributed by atoms with E-state index in [2.05, 4.69) is 60.0 Å². The van der Waals surface area contributed by atoms with Gasteiger partial charge in [-0.25, -0.2) is 9.73 Å². The van der Waals surface area contributed by atoms with Gasteiger partial charge in [0.05, 0.1) is 20.4 Å². The number of ether oxygens (including phenoxy) is 1. The van der Waals surface area contributed by atoms with E-state index in [0.717, 1.165) is 26.3 Å². The van der Waals surface area contributed by atoms with E-state index < -0.39 is 7.21 Å². The normalized spacial score (nSPS) is 17.7. The van der Waals surface area contributed by atoms with Gasteiger partial charge >= 0.3 is 0 Å². The molecule has 5 nitrogen and oxygen atoms in total. The molecule has 1 fully saturated rings. The largest absolute Gasteiger partial charge is 0.379 e. The second-order valence-corrected chi connectivity index (χ2v) is 11.6. The maximum atomic E-state index is 5.67. The Morgan fingerprint density at radius 1 is 1.11 bits per heavy atom. The van der Waals surface area contributed by atoms with E-state index in [-0.39, 0.29) is 5.16 Å². The van der Waals surface area contributed by atoms with Crippen LogP contribution in [0.15, 0.2) is 59.5 Å². The molecular weight excluding hydrogens is 375 g/mol. The summed E-state index contributed by atoms with van der Waals surface area (Å²) in [7, 11) is -2.15. The predicted octanol–water partition coefficient (Wildman–Crippen LogP) is 4.35. The zero-order chi connectivity index (χ0) is 19.3. The number of aromatic nitrogens is 1. The molecule has 144 valence electrons. The highest BCUT2D eigenvalue weighted by Crippen LogP contribution is 2.62. The number of anilines is 1. The zero-order valence-electron chi connectivity index (χ0n) is 16.1. The van der Waals surface area contributed by atoms with Crippen LogP contribution in [0.25, 0.3) is 0 Å². The summed E-state index contributed by atoms with van der Waals surface area (Å²) in [6.45, 7) is 9.94. The van der Waals surface area contributed by atoms with Gasteiger partial charge in [0.25, 0.3) is 0 Å². The minimum absolute atomic E-state index is 0.0818. The van der Waals surface area contributed by atoms with Crippen molar-refractivity contribution < 1.29 is 4.74 Å². The van der Waals surface area contributed by atoms with Gasteiger partial charge in [-0.1, -0.05) is 57.2 Å². The van der Waals surface area contributed by atoms with Gasteiger partial charge in [-0.2, -0.15) is 0 Å². The average Bonchev–Trinajstić information content (AvgIpc) is 2.67. The molecule has 1 N–H and O–H groups in total. The summed E-state index contributed by atoms with van der Waals surface area (Å²) >= 11 is 5.67. The quantitative estimate of drug-likeness (QED) is 0.611. The molecule has 0 saturated carbocycles. The summed E-state index contributed by atoms with van der Waals surface area (Å²) in [5, 5.41) is 4.84. The van der Waals surface area contributed by atoms with E-state index in [9.17, 15) is 0 Å². The van der Waals surface area contributed by atoms with Gasteiger partial charge in [0, 0.05) is 29.7 Å². The molecule has 1 aromatic heterocycles. The molecule has 0 spiro atoms. The van der Waals surface area contributed by atoms with Crippen molar-refractivity contribution in [2.24, 2.45) is 4.74 Å². The van der Waals surface area contributed by atoms with Gasteiger partial charge in [-0.05, 0) is 24.4 Å². The highest BCUT2D eigenvalue weighted by atomic mass is 32.1. The van der Waals surface area contributed by atoms with Gasteiger partial charge in [0.2, 0.25) is 0 Å². The first-order valence-electron chi connectivity index (χ1n) is 9.17. The maximum absolute atomic E-state index is 5.67. The zero-order valence-corrected chi connectivity index (χ0v) is 17.8. The number of hydrogen-bond donors (Lipinski definition) is 1. The molecule has 27 heavy (non-hydrogen) atoms. The number of pyridine rings is 1. The molecule has 1 atom stereocenters. The van der Waals surface area contributed by atoms with Crippen molar-refractivity contribution in [1.29, 1.82) is 0 Å². The van der Waals surface area contributed by atoms with Crippen LogP contribution in [0.5, 0.6) is 0 Å². The van der Waals surface area contributed by atoms with Crippen molar-refractivity contribution in [2.75, 3.05) is 31.6 Å². The molecule has 1 aliphatic heterocycles. The molecule has 0 aliphatic carbocycles. The highest BCUT2D eigenvalue weighted by molar-refractivity contribution is 7.82. The van der Waals surface area contributed by atoms with Crippen molar-refractivity contribution in [3.63, 3.8) is 0 Å². The summed E-state index contributed by atoms with van der Waals surface area (Å²) in [4.78, 5) is 4.32. The van der Waals surface area contributed by atoms with Crippen molar-refractivity contribution in [2.45, 2.75) is 25.9 Å². The van der Waals surface area contributed by atoms with E-state index in [4.69, 9.17) is 21.7 Å². The monoisotopic (exact) mass is 402 g/mol. The first-order valence-corrected chi connectivity index (χ1v) is 11.3. The van der Waals surface area contributed by atoms with Crippen molar-refractivity contribution in [3.8, 4) is 0 Å². The molecule has 0 bridgehead atoms. The first-order chi connectivity index (χ1) is 12.9. The Hall–Kier alpha value is -1.59. The lowest BCUT2D eigenvalue weighted by Gasteiger charge is -2.46. The number of rotatable bonds is 3. The fourth-order valence-electron chi connectivity index (χ4n) is 3.43. The Morgan fingerprint density at radius 3 is 2.37 bits per heavy atom. The Labute approximate surface area is 167 Å². The number of hydrogen-bond acceptors (Lipinski definition) is 3. The van der Waals surface area contributed by atoms with E-state index in [1.54, 1.807) is 6.20 Å². The molecule has 2 heterocycles. The summed E-state index contributed by atoms with van der Waals surface area (Å²) in [5.41, 5.74) is 0. The van der Waals surface area contributed by atoms with Gasteiger partial charge in [-0.15, -0.1) is 0 Å². The third-order valence-electron chi connectivity index (χ3n) is 4.58. The lowest BCUT2D eigenvalue weighted by molar-refractivity contribution is 0.0738. The smallest absolute Gasteiger partial charge is 0.198 e. The molecule has 1 aliphatic rings. The number of thiocarbonyl (C=S) groups is 1. The van der Waals surface area contributed by atoms with E-state index >= 15 is 0 Å². The molecule has 1 aromatic carbocycles. The summed E-state index contributed by atoms with van der Waals surface area (Å²) < 4.78 is 13.3. The van der Waals surface area contributed by atoms with E-state index in [1.165, 1.54) is 5.30 Å². The predicted molar refractivity (Wildman–Crippen MR) is 118 cm³/mol. The van der Waals surface area contributed by atoms with E-state index in [0.29, 0.717) is 10.9 Å². The molecule has 0 radical (unpaired) electrons. The van der Waals surface area contributed by atoms with Gasteiger partial charge < -0.3 is 10.1 Å². The van der Waals surface area contributed by atoms with Crippen LogP contribution in [0.4, 0.5) is 5.82 Å². The van der Waals surface area contributed by atoms with Gasteiger partial charge in [-0.3, -0.25) is 4.67 Å². The Bertz CT molecular complexity index is 815. The lowest BCUT2D eigenvalue weighted by atomic mass is 10.3. The number of nitrogens with zero attached hydrogens (tertiary/aromatic N) is 3. The standard InChI is InChI=1S/C20H27N4OPS/c1-20(2,3)26(17-9-5-4-6-10-17,24-13-15-25-16-14-24)23-19(27)22-18-11-7-8-12-21-18/h4-12H,13-16H2,1-3H3,(H,21,22,27)/t26-/m0/s1. The minimum atomic E-state index is -2.15. The van der Waals surface area contributed by atoms with Crippen molar-refractivity contribution >= 4 is 35.7 Å². The summed E-state index contributed by atoms with van der Waals surface area (Å²) in [6.07, 6.45) is 1.75. The highest BCUT2D eigenvalue weighted by Gasteiger charge is 2.41. The molecule has 0 amide bonds. The second-order valence-electron chi connectivity index (χ2n) is 7.42. The molecule has 2 aromatic rings. The summed E-state index contributed by atoms with van der Waals surface area (Å²) in [5.74, 6) is 0.716. The second kappa shape index (κ2) is 8.61. The fourth-order valence-corrected chi connectivity index (χ4v) is 8.02. The maximum Gasteiger partial charge on any atom is 0.198 e. The van der Waals surface area contributed by atoms with Gasteiger partial charge in [0.15, 0.2) is 5.11 Å². The summed E-state index contributed by atoms with van der Waals surface area (Å²) in [6, 6.07) is 16.3. The fraction of sp³-hybridized carbons (Fsp3) is 0.400. The SMILES string of the molecule is CC(C)(C)[P@](=NC(=S)Nc1ccccn1)(c1ccccc1)N1CCOCC1. The van der Waals surface area contributed by atoms with Crippen LogP contribution >= 0.6 is 19.4 Å². The van der Waals surface area contributed by atoms with Crippen LogP contribution in [0.2, 0.25) is 0 Å². The molecule has 3 rings (SSSR count). The molecule has 7 heteroatoms. The van der Waals surface area contributed by atoms with Crippen molar-refractivity contribution in [1.82, 2.24) is 9.65 Å². The molecule has 1 saturated heterocycles. The Kier molecular flexibility index (Phi) is 6.43. The van der Waals surface area contributed by atoms with E-state index in [1.807, 2.05) is 24.3 Å². The molecule has 0 unspecified atom stereocenters.